The van der Waals surface area contributed by atoms with Crippen molar-refractivity contribution >= 4 is 41.9 Å². The van der Waals surface area contributed by atoms with Gasteiger partial charge in [0.25, 0.3) is 0 Å². The average molecular weight is 425 g/mol. The van der Waals surface area contributed by atoms with Gasteiger partial charge in [0, 0.05) is 15.0 Å². The molecular formula is C14H19Br2NO2S. The van der Waals surface area contributed by atoms with Crippen molar-refractivity contribution in [2.75, 3.05) is 0 Å². The Kier molecular flexibility index (Phi) is 5.32. The lowest BCUT2D eigenvalue weighted by molar-refractivity contribution is 0.310. The third-order valence-corrected chi connectivity index (χ3v) is 7.22. The molecule has 0 unspecified atom stereocenters. The highest BCUT2D eigenvalue weighted by atomic mass is 79.9. The van der Waals surface area contributed by atoms with Gasteiger partial charge >= 0.3 is 0 Å². The highest BCUT2D eigenvalue weighted by molar-refractivity contribution is 9.11. The number of aryl methyl sites for hydroxylation is 1. The minimum absolute atomic E-state index is 0.0459. The fourth-order valence-electron chi connectivity index (χ4n) is 2.59. The van der Waals surface area contributed by atoms with E-state index in [4.69, 9.17) is 0 Å². The van der Waals surface area contributed by atoms with Crippen LogP contribution in [-0.4, -0.2) is 14.5 Å². The molecule has 3 nitrogen and oxygen atoms in total. The van der Waals surface area contributed by atoms with Crippen LogP contribution in [0.25, 0.3) is 0 Å². The highest BCUT2D eigenvalue weighted by Gasteiger charge is 2.28. The predicted molar refractivity (Wildman–Crippen MR) is 88.3 cm³/mol. The van der Waals surface area contributed by atoms with E-state index in [2.05, 4.69) is 43.5 Å². The van der Waals surface area contributed by atoms with Crippen molar-refractivity contribution in [1.29, 1.82) is 0 Å². The van der Waals surface area contributed by atoms with Crippen molar-refractivity contribution < 1.29 is 8.42 Å². The molecule has 0 aliphatic heterocycles. The summed E-state index contributed by atoms with van der Waals surface area (Å²) in [6, 6.07) is 3.53. The van der Waals surface area contributed by atoms with Crippen LogP contribution in [0.5, 0.6) is 0 Å². The quantitative estimate of drug-likeness (QED) is 0.782. The lowest BCUT2D eigenvalue weighted by Crippen LogP contribution is -2.41. The van der Waals surface area contributed by atoms with Gasteiger partial charge in [0.1, 0.15) is 0 Å². The van der Waals surface area contributed by atoms with Crippen LogP contribution in [-0.2, 0) is 10.0 Å². The summed E-state index contributed by atoms with van der Waals surface area (Å²) in [6.07, 6.45) is 4.31. The largest absolute Gasteiger partial charge is 0.241 e. The van der Waals surface area contributed by atoms with Gasteiger partial charge < -0.3 is 0 Å². The Labute approximate surface area is 137 Å². The number of hydrogen-bond acceptors (Lipinski definition) is 2. The van der Waals surface area contributed by atoms with Gasteiger partial charge in [-0.05, 0) is 59.3 Å². The third kappa shape index (κ3) is 3.64. The van der Waals surface area contributed by atoms with Crippen molar-refractivity contribution in [3.63, 3.8) is 0 Å². The molecule has 0 amide bonds. The molecule has 1 saturated carbocycles. The van der Waals surface area contributed by atoms with Crippen LogP contribution in [0.15, 0.2) is 26.0 Å². The van der Waals surface area contributed by atoms with Gasteiger partial charge in [-0.25, -0.2) is 13.1 Å². The maximum absolute atomic E-state index is 12.6. The molecule has 0 bridgehead atoms. The molecule has 2 rings (SSSR count). The number of halogens is 2. The molecular weight excluding hydrogens is 406 g/mol. The molecule has 0 aromatic heterocycles. The standard InChI is InChI=1S/C14H19Br2NO2S/c1-9-5-3-4-6-13(9)17-20(18,19)14-7-10(2)11(15)8-12(14)16/h7-9,13,17H,3-6H2,1-2H3/t9-,13-/m1/s1. The molecule has 1 fully saturated rings. The zero-order valence-corrected chi connectivity index (χ0v) is 15.6. The van der Waals surface area contributed by atoms with Crippen LogP contribution in [0.3, 0.4) is 0 Å². The molecule has 1 aliphatic rings. The van der Waals surface area contributed by atoms with Crippen LogP contribution in [0.1, 0.15) is 38.2 Å². The van der Waals surface area contributed by atoms with Gasteiger partial charge in [0.15, 0.2) is 0 Å². The zero-order valence-electron chi connectivity index (χ0n) is 11.6. The molecule has 1 N–H and O–H groups in total. The van der Waals surface area contributed by atoms with Crippen molar-refractivity contribution in [1.82, 2.24) is 4.72 Å². The lowest BCUT2D eigenvalue weighted by Gasteiger charge is -2.29. The average Bonchev–Trinajstić information content (AvgIpc) is 2.36. The van der Waals surface area contributed by atoms with Crippen molar-refractivity contribution in [3.05, 3.63) is 26.6 Å². The molecule has 1 aromatic carbocycles. The summed E-state index contributed by atoms with van der Waals surface area (Å²) in [6.45, 7) is 4.01. The first-order chi connectivity index (χ1) is 9.31. The van der Waals surface area contributed by atoms with E-state index in [0.29, 0.717) is 15.3 Å². The van der Waals surface area contributed by atoms with E-state index in [-0.39, 0.29) is 6.04 Å². The lowest BCUT2D eigenvalue weighted by atomic mass is 9.87. The SMILES string of the molecule is Cc1cc(S(=O)(=O)N[C@@H]2CCCC[C@H]2C)c(Br)cc1Br. The fourth-order valence-corrected chi connectivity index (χ4v) is 5.75. The molecule has 1 aromatic rings. The second-order valence-corrected chi connectivity index (χ2v) is 8.91. The Morgan fingerprint density at radius 2 is 1.80 bits per heavy atom. The topological polar surface area (TPSA) is 46.2 Å². The predicted octanol–water partition coefficient (Wildman–Crippen LogP) is 4.38. The zero-order chi connectivity index (χ0) is 14.9. The van der Waals surface area contributed by atoms with E-state index in [0.717, 1.165) is 29.3 Å². The molecule has 1 aliphatic carbocycles. The second kappa shape index (κ2) is 6.46. The van der Waals surface area contributed by atoms with Gasteiger partial charge in [-0.3, -0.25) is 0 Å². The maximum atomic E-state index is 12.6. The number of rotatable bonds is 3. The van der Waals surface area contributed by atoms with Crippen LogP contribution >= 0.6 is 31.9 Å². The highest BCUT2D eigenvalue weighted by Crippen LogP contribution is 2.30. The Bertz CT molecular complexity index is 601. The van der Waals surface area contributed by atoms with Crippen LogP contribution < -0.4 is 4.72 Å². The summed E-state index contributed by atoms with van der Waals surface area (Å²) in [4.78, 5) is 0.316. The third-order valence-electron chi connectivity index (χ3n) is 3.92. The number of hydrogen-bond donors (Lipinski definition) is 1. The van der Waals surface area contributed by atoms with Gasteiger partial charge in [-0.15, -0.1) is 0 Å². The van der Waals surface area contributed by atoms with Crippen LogP contribution in [0.4, 0.5) is 0 Å². The Balaban J connectivity index is 2.28. The Hall–Kier alpha value is 0.0900. The molecule has 2 atom stereocenters. The Morgan fingerprint density at radius 3 is 2.45 bits per heavy atom. The van der Waals surface area contributed by atoms with E-state index in [1.54, 1.807) is 12.1 Å². The summed E-state index contributed by atoms with van der Waals surface area (Å²) in [5.41, 5.74) is 0.908. The molecule has 0 radical (unpaired) electrons. The van der Waals surface area contributed by atoms with E-state index < -0.39 is 10.0 Å². The van der Waals surface area contributed by atoms with Gasteiger partial charge in [-0.2, -0.15) is 0 Å². The summed E-state index contributed by atoms with van der Waals surface area (Å²) in [5, 5.41) is 0. The molecule has 20 heavy (non-hydrogen) atoms. The number of benzene rings is 1. The first kappa shape index (κ1) is 16.5. The van der Waals surface area contributed by atoms with Crippen LogP contribution in [0, 0.1) is 12.8 Å². The van der Waals surface area contributed by atoms with Crippen molar-refractivity contribution in [2.45, 2.75) is 50.5 Å². The van der Waals surface area contributed by atoms with Gasteiger partial charge in [0.2, 0.25) is 10.0 Å². The minimum Gasteiger partial charge on any atom is -0.208 e. The minimum atomic E-state index is -3.48. The normalized spacial score (nSPS) is 23.8. The smallest absolute Gasteiger partial charge is 0.208 e. The van der Waals surface area contributed by atoms with E-state index in [1.165, 1.54) is 6.42 Å². The first-order valence-electron chi connectivity index (χ1n) is 6.79. The molecule has 0 saturated heterocycles. The molecule has 0 heterocycles. The second-order valence-electron chi connectivity index (χ2n) is 5.52. The molecule has 112 valence electrons. The van der Waals surface area contributed by atoms with E-state index in [1.807, 2.05) is 6.92 Å². The van der Waals surface area contributed by atoms with Crippen molar-refractivity contribution in [3.8, 4) is 0 Å². The monoisotopic (exact) mass is 423 g/mol. The summed E-state index contributed by atoms with van der Waals surface area (Å²) >= 11 is 6.76. The summed E-state index contributed by atoms with van der Waals surface area (Å²) in [5.74, 6) is 0.397. The summed E-state index contributed by atoms with van der Waals surface area (Å²) in [7, 11) is -3.48. The maximum Gasteiger partial charge on any atom is 0.241 e. The number of sulfonamides is 1. The van der Waals surface area contributed by atoms with Gasteiger partial charge in [0.05, 0.1) is 4.90 Å². The van der Waals surface area contributed by atoms with Crippen LogP contribution in [0.2, 0.25) is 0 Å². The van der Waals surface area contributed by atoms with E-state index in [9.17, 15) is 8.42 Å². The van der Waals surface area contributed by atoms with E-state index >= 15 is 0 Å². The summed E-state index contributed by atoms with van der Waals surface area (Å²) < 4.78 is 29.5. The molecule has 0 spiro atoms. The Morgan fingerprint density at radius 1 is 1.15 bits per heavy atom. The number of nitrogens with one attached hydrogen (secondary N) is 1. The molecule has 6 heteroatoms. The first-order valence-corrected chi connectivity index (χ1v) is 9.86. The van der Waals surface area contributed by atoms with Gasteiger partial charge in [-0.1, -0.05) is 35.7 Å². The fraction of sp³-hybridized carbons (Fsp3) is 0.571. The van der Waals surface area contributed by atoms with Crippen molar-refractivity contribution in [2.24, 2.45) is 5.92 Å².